The highest BCUT2D eigenvalue weighted by atomic mass is 35.5. The molecule has 0 spiro atoms. The number of anilines is 1. The highest BCUT2D eigenvalue weighted by molar-refractivity contribution is 6.34. The predicted molar refractivity (Wildman–Crippen MR) is 106 cm³/mol. The fourth-order valence-corrected chi connectivity index (χ4v) is 2.66. The summed E-state index contributed by atoms with van der Waals surface area (Å²) in [5.41, 5.74) is 2.12. The van der Waals surface area contributed by atoms with Crippen molar-refractivity contribution in [2.75, 3.05) is 12.4 Å². The molecule has 6 heteroatoms. The first-order chi connectivity index (χ1) is 13.1. The van der Waals surface area contributed by atoms with Crippen LogP contribution in [-0.4, -0.2) is 17.6 Å². The van der Waals surface area contributed by atoms with E-state index in [4.69, 9.17) is 16.3 Å². The molecule has 0 radical (unpaired) electrons. The summed E-state index contributed by atoms with van der Waals surface area (Å²) in [6, 6.07) is 18.2. The fourth-order valence-electron chi connectivity index (χ4n) is 2.48. The number of benzene rings is 2. The first-order valence-corrected chi connectivity index (χ1v) is 8.48. The minimum atomic E-state index is -0.511. The molecule has 134 valence electrons. The van der Waals surface area contributed by atoms with Crippen molar-refractivity contribution in [3.8, 4) is 17.5 Å². The van der Waals surface area contributed by atoms with E-state index in [-0.39, 0.29) is 5.57 Å². The molecule has 3 rings (SSSR count). The SMILES string of the molecule is COc1ccc(-n2ccc(/C=C(\C#N)C(=O)Nc3ccccc3Cl)c2)cc1. The van der Waals surface area contributed by atoms with Gasteiger partial charge in [0.25, 0.3) is 5.91 Å². The molecule has 0 aliphatic heterocycles. The zero-order chi connectivity index (χ0) is 19.2. The van der Waals surface area contributed by atoms with Gasteiger partial charge in [-0.1, -0.05) is 23.7 Å². The molecule has 0 unspecified atom stereocenters. The van der Waals surface area contributed by atoms with Crippen LogP contribution in [0.2, 0.25) is 5.02 Å². The lowest BCUT2D eigenvalue weighted by atomic mass is 10.2. The van der Waals surface area contributed by atoms with Crippen molar-refractivity contribution in [2.24, 2.45) is 0 Å². The molecule has 0 fully saturated rings. The molecule has 1 amide bonds. The van der Waals surface area contributed by atoms with Crippen molar-refractivity contribution < 1.29 is 9.53 Å². The average molecular weight is 378 g/mol. The van der Waals surface area contributed by atoms with Gasteiger partial charge in [0.1, 0.15) is 17.4 Å². The summed E-state index contributed by atoms with van der Waals surface area (Å²) in [7, 11) is 1.62. The Morgan fingerprint density at radius 2 is 1.93 bits per heavy atom. The maximum atomic E-state index is 12.4. The second-order valence-corrected chi connectivity index (χ2v) is 6.06. The number of hydrogen-bond acceptors (Lipinski definition) is 3. The number of aromatic nitrogens is 1. The third kappa shape index (κ3) is 4.38. The lowest BCUT2D eigenvalue weighted by Gasteiger charge is -2.06. The number of amides is 1. The summed E-state index contributed by atoms with van der Waals surface area (Å²) in [6.07, 6.45) is 5.22. The molecule has 1 aromatic heterocycles. The molecular formula is C21H16ClN3O2. The molecule has 1 N–H and O–H groups in total. The van der Waals surface area contributed by atoms with Gasteiger partial charge in [-0.15, -0.1) is 0 Å². The van der Waals surface area contributed by atoms with Crippen LogP contribution in [0.1, 0.15) is 5.56 Å². The average Bonchev–Trinajstić information content (AvgIpc) is 3.16. The number of hydrogen-bond donors (Lipinski definition) is 1. The molecule has 0 saturated carbocycles. The molecule has 2 aromatic carbocycles. The van der Waals surface area contributed by atoms with Gasteiger partial charge in [0.2, 0.25) is 0 Å². The lowest BCUT2D eigenvalue weighted by Crippen LogP contribution is -2.13. The van der Waals surface area contributed by atoms with Crippen molar-refractivity contribution in [1.82, 2.24) is 4.57 Å². The maximum absolute atomic E-state index is 12.4. The van der Waals surface area contributed by atoms with Crippen molar-refractivity contribution in [2.45, 2.75) is 0 Å². The number of carbonyl (C=O) groups excluding carboxylic acids is 1. The minimum absolute atomic E-state index is 0.0117. The van der Waals surface area contributed by atoms with Crippen LogP contribution in [0.5, 0.6) is 5.75 Å². The highest BCUT2D eigenvalue weighted by Gasteiger charge is 2.11. The number of nitriles is 1. The normalized spacial score (nSPS) is 10.9. The largest absolute Gasteiger partial charge is 0.497 e. The highest BCUT2D eigenvalue weighted by Crippen LogP contribution is 2.22. The Labute approximate surface area is 162 Å². The molecule has 27 heavy (non-hydrogen) atoms. The Bertz CT molecular complexity index is 1030. The third-order valence-corrected chi connectivity index (χ3v) is 4.21. The van der Waals surface area contributed by atoms with Crippen molar-refractivity contribution in [3.63, 3.8) is 0 Å². The predicted octanol–water partition coefficient (Wildman–Crippen LogP) is 4.68. The Balaban J connectivity index is 1.79. The number of rotatable bonds is 5. The van der Waals surface area contributed by atoms with Gasteiger partial charge >= 0.3 is 0 Å². The fraction of sp³-hybridized carbons (Fsp3) is 0.0476. The van der Waals surface area contributed by atoms with E-state index in [9.17, 15) is 10.1 Å². The maximum Gasteiger partial charge on any atom is 0.266 e. The minimum Gasteiger partial charge on any atom is -0.497 e. The number of halogens is 1. The van der Waals surface area contributed by atoms with Crippen LogP contribution < -0.4 is 10.1 Å². The zero-order valence-corrected chi connectivity index (χ0v) is 15.3. The summed E-state index contributed by atoms with van der Waals surface area (Å²) in [5, 5.41) is 12.4. The van der Waals surface area contributed by atoms with Gasteiger partial charge in [0, 0.05) is 18.1 Å². The van der Waals surface area contributed by atoms with Crippen LogP contribution in [-0.2, 0) is 4.79 Å². The van der Waals surface area contributed by atoms with E-state index in [1.807, 2.05) is 53.4 Å². The standard InChI is InChI=1S/C21H16ClN3O2/c1-27-18-8-6-17(7-9-18)25-11-10-15(14-25)12-16(13-23)21(26)24-20-5-3-2-4-19(20)22/h2-12,14H,1H3,(H,24,26)/b16-12+. The summed E-state index contributed by atoms with van der Waals surface area (Å²) in [5.74, 6) is 0.261. The molecule has 0 atom stereocenters. The summed E-state index contributed by atoms with van der Waals surface area (Å²) < 4.78 is 7.05. The van der Waals surface area contributed by atoms with E-state index in [2.05, 4.69) is 5.32 Å². The third-order valence-electron chi connectivity index (χ3n) is 3.88. The number of methoxy groups -OCH3 is 1. The number of carbonyl (C=O) groups is 1. The van der Waals surface area contributed by atoms with Gasteiger partial charge in [-0.05, 0) is 54.1 Å². The number of para-hydroxylation sites is 1. The van der Waals surface area contributed by atoms with Crippen LogP contribution in [0.15, 0.2) is 72.6 Å². The van der Waals surface area contributed by atoms with Crippen LogP contribution in [0.3, 0.4) is 0 Å². The van der Waals surface area contributed by atoms with Crippen LogP contribution >= 0.6 is 11.6 Å². The molecule has 1 heterocycles. The van der Waals surface area contributed by atoms with Gasteiger partial charge in [-0.2, -0.15) is 5.26 Å². The first kappa shape index (κ1) is 18.3. The molecule has 0 aliphatic rings. The first-order valence-electron chi connectivity index (χ1n) is 8.11. The van der Waals surface area contributed by atoms with E-state index in [0.29, 0.717) is 10.7 Å². The Kier molecular flexibility index (Phi) is 5.60. The van der Waals surface area contributed by atoms with E-state index in [1.165, 1.54) is 6.08 Å². The number of ether oxygens (including phenoxy) is 1. The van der Waals surface area contributed by atoms with Crippen LogP contribution in [0.4, 0.5) is 5.69 Å². The Hall–Kier alpha value is -3.49. The number of nitrogens with one attached hydrogen (secondary N) is 1. The molecule has 5 nitrogen and oxygen atoms in total. The molecule has 0 saturated heterocycles. The number of nitrogens with zero attached hydrogens (tertiary/aromatic N) is 2. The summed E-state index contributed by atoms with van der Waals surface area (Å²) in [6.45, 7) is 0. The van der Waals surface area contributed by atoms with E-state index < -0.39 is 5.91 Å². The summed E-state index contributed by atoms with van der Waals surface area (Å²) >= 11 is 6.04. The summed E-state index contributed by atoms with van der Waals surface area (Å²) in [4.78, 5) is 12.4. The van der Waals surface area contributed by atoms with Gasteiger partial charge in [0.05, 0.1) is 17.8 Å². The molecular weight excluding hydrogens is 362 g/mol. The van der Waals surface area contributed by atoms with E-state index in [1.54, 1.807) is 31.4 Å². The topological polar surface area (TPSA) is 67.0 Å². The second kappa shape index (κ2) is 8.26. The Morgan fingerprint density at radius 1 is 1.19 bits per heavy atom. The van der Waals surface area contributed by atoms with Gasteiger partial charge < -0.3 is 14.6 Å². The van der Waals surface area contributed by atoms with Gasteiger partial charge in [-0.25, -0.2) is 0 Å². The smallest absolute Gasteiger partial charge is 0.266 e. The quantitative estimate of drug-likeness (QED) is 0.518. The molecule has 3 aromatic rings. The molecule has 0 aliphatic carbocycles. The second-order valence-electron chi connectivity index (χ2n) is 5.65. The van der Waals surface area contributed by atoms with Crippen molar-refractivity contribution in [3.05, 3.63) is 83.2 Å². The molecule has 0 bridgehead atoms. The Morgan fingerprint density at radius 3 is 2.59 bits per heavy atom. The van der Waals surface area contributed by atoms with Gasteiger partial charge in [-0.3, -0.25) is 4.79 Å². The monoisotopic (exact) mass is 377 g/mol. The van der Waals surface area contributed by atoms with Crippen molar-refractivity contribution in [1.29, 1.82) is 5.26 Å². The van der Waals surface area contributed by atoms with Crippen molar-refractivity contribution >= 4 is 29.3 Å². The van der Waals surface area contributed by atoms with E-state index >= 15 is 0 Å². The zero-order valence-electron chi connectivity index (χ0n) is 14.5. The van der Waals surface area contributed by atoms with Crippen LogP contribution in [0, 0.1) is 11.3 Å². The van der Waals surface area contributed by atoms with Crippen LogP contribution in [0.25, 0.3) is 11.8 Å². The van der Waals surface area contributed by atoms with Gasteiger partial charge in [0.15, 0.2) is 0 Å². The lowest BCUT2D eigenvalue weighted by molar-refractivity contribution is -0.112. The van der Waals surface area contributed by atoms with E-state index in [0.717, 1.165) is 17.0 Å².